The fourth-order valence-corrected chi connectivity index (χ4v) is 1.29. The summed E-state index contributed by atoms with van der Waals surface area (Å²) in [5, 5.41) is 0. The summed E-state index contributed by atoms with van der Waals surface area (Å²) in [6, 6.07) is -0.212. The maximum Gasteiger partial charge on any atom is 0.112 e. The summed E-state index contributed by atoms with van der Waals surface area (Å²) in [5.74, 6) is 0.441. The summed E-state index contributed by atoms with van der Waals surface area (Å²) in [6.45, 7) is 5.71. The van der Waals surface area contributed by atoms with Crippen molar-refractivity contribution in [3.63, 3.8) is 0 Å². The van der Waals surface area contributed by atoms with Crippen LogP contribution < -0.4 is 0 Å². The van der Waals surface area contributed by atoms with Crippen LogP contribution in [0.5, 0.6) is 0 Å². The highest BCUT2D eigenvalue weighted by Gasteiger charge is 2.31. The molecule has 1 fully saturated rings. The van der Waals surface area contributed by atoms with Crippen molar-refractivity contribution in [2.45, 2.75) is 32.4 Å². The molecule has 2 nitrogen and oxygen atoms in total. The van der Waals surface area contributed by atoms with Crippen LogP contribution in [-0.2, 0) is 9.47 Å². The normalized spacial score (nSPS) is 37.8. The smallest absolute Gasteiger partial charge is 0.112 e. The van der Waals surface area contributed by atoms with Crippen LogP contribution >= 0.6 is 0 Å². The molecule has 0 aromatic carbocycles. The molecular formula is C8H15BO2. The number of hydrogen-bond acceptors (Lipinski definition) is 2. The van der Waals surface area contributed by atoms with Crippen LogP contribution in [0.4, 0.5) is 0 Å². The van der Waals surface area contributed by atoms with Gasteiger partial charge in [-0.05, 0) is 6.42 Å². The summed E-state index contributed by atoms with van der Waals surface area (Å²) in [4.78, 5) is 0. The first kappa shape index (κ1) is 9.08. The maximum atomic E-state index is 5.66. The topological polar surface area (TPSA) is 18.5 Å². The minimum absolute atomic E-state index is 0.106. The van der Waals surface area contributed by atoms with Gasteiger partial charge in [0.05, 0.1) is 12.7 Å². The molecule has 0 N–H and O–H groups in total. The lowest BCUT2D eigenvalue weighted by Gasteiger charge is -2.18. The van der Waals surface area contributed by atoms with Gasteiger partial charge in [0, 0.05) is 18.5 Å². The molecule has 1 saturated heterocycles. The van der Waals surface area contributed by atoms with Gasteiger partial charge in [-0.2, -0.15) is 0 Å². The average molecular weight is 154 g/mol. The van der Waals surface area contributed by atoms with Gasteiger partial charge in [0.2, 0.25) is 0 Å². The standard InChI is InChI=1S/C8H15BO2/c1-3-4-10-7-6(2)5-11-8(7)9/h6-8H,3-5H2,1-2H3/t6?,7-,8+/m0/s1. The molecular weight excluding hydrogens is 139 g/mol. The molecule has 62 valence electrons. The van der Waals surface area contributed by atoms with Crippen molar-refractivity contribution >= 4 is 7.85 Å². The van der Waals surface area contributed by atoms with E-state index < -0.39 is 0 Å². The van der Waals surface area contributed by atoms with Crippen LogP contribution in [0.15, 0.2) is 0 Å². The van der Waals surface area contributed by atoms with E-state index >= 15 is 0 Å². The second-order valence-electron chi connectivity index (χ2n) is 3.11. The second kappa shape index (κ2) is 4.12. The van der Waals surface area contributed by atoms with Gasteiger partial charge in [0.15, 0.2) is 0 Å². The third-order valence-corrected chi connectivity index (χ3v) is 1.95. The zero-order chi connectivity index (χ0) is 8.27. The van der Waals surface area contributed by atoms with Crippen molar-refractivity contribution in [3.05, 3.63) is 0 Å². The summed E-state index contributed by atoms with van der Waals surface area (Å²) in [6.07, 6.45) is 1.14. The Morgan fingerprint density at radius 2 is 2.36 bits per heavy atom. The lowest BCUT2D eigenvalue weighted by Crippen LogP contribution is -2.29. The fraction of sp³-hybridized carbons (Fsp3) is 1.00. The van der Waals surface area contributed by atoms with E-state index in [2.05, 4.69) is 13.8 Å². The molecule has 0 bridgehead atoms. The molecule has 1 rings (SSSR count). The van der Waals surface area contributed by atoms with Crippen LogP contribution in [0.25, 0.3) is 0 Å². The van der Waals surface area contributed by atoms with Crippen LogP contribution in [-0.4, -0.2) is 33.2 Å². The molecule has 0 aromatic rings. The summed E-state index contributed by atoms with van der Waals surface area (Å²) in [5.41, 5.74) is 0. The van der Waals surface area contributed by atoms with Gasteiger partial charge in [-0.15, -0.1) is 0 Å². The summed E-state index contributed by atoms with van der Waals surface area (Å²) < 4.78 is 10.8. The summed E-state index contributed by atoms with van der Waals surface area (Å²) in [7, 11) is 5.66. The Bertz CT molecular complexity index is 109. The monoisotopic (exact) mass is 154 g/mol. The second-order valence-corrected chi connectivity index (χ2v) is 3.11. The molecule has 1 unspecified atom stereocenters. The third-order valence-electron chi connectivity index (χ3n) is 1.95. The van der Waals surface area contributed by atoms with E-state index in [4.69, 9.17) is 17.3 Å². The molecule has 11 heavy (non-hydrogen) atoms. The van der Waals surface area contributed by atoms with E-state index in [1.165, 1.54) is 0 Å². The van der Waals surface area contributed by atoms with E-state index in [0.717, 1.165) is 19.6 Å². The van der Waals surface area contributed by atoms with Gasteiger partial charge in [-0.3, -0.25) is 0 Å². The largest absolute Gasteiger partial charge is 0.385 e. The maximum absolute atomic E-state index is 5.66. The van der Waals surface area contributed by atoms with E-state index in [1.807, 2.05) is 0 Å². The first-order valence-corrected chi connectivity index (χ1v) is 4.24. The molecule has 1 heterocycles. The molecule has 3 heteroatoms. The van der Waals surface area contributed by atoms with E-state index in [9.17, 15) is 0 Å². The SMILES string of the molecule is [B][C@@H]1OCC(C)[C@@H]1OCCC. The molecule has 0 aromatic heterocycles. The van der Waals surface area contributed by atoms with E-state index in [1.54, 1.807) is 0 Å². The third kappa shape index (κ3) is 2.21. The minimum atomic E-state index is -0.212. The number of rotatable bonds is 3. The van der Waals surface area contributed by atoms with E-state index in [-0.39, 0.29) is 12.1 Å². The van der Waals surface area contributed by atoms with Crippen molar-refractivity contribution in [2.24, 2.45) is 5.92 Å². The Morgan fingerprint density at radius 1 is 1.64 bits per heavy atom. The molecule has 2 radical (unpaired) electrons. The van der Waals surface area contributed by atoms with Crippen LogP contribution in [0.2, 0.25) is 0 Å². The molecule has 0 amide bonds. The Kier molecular flexibility index (Phi) is 3.40. The van der Waals surface area contributed by atoms with Gasteiger partial charge in [0.1, 0.15) is 7.85 Å². The van der Waals surface area contributed by atoms with Crippen LogP contribution in [0.1, 0.15) is 20.3 Å². The van der Waals surface area contributed by atoms with Gasteiger partial charge in [0.25, 0.3) is 0 Å². The lowest BCUT2D eigenvalue weighted by atomic mass is 9.90. The van der Waals surface area contributed by atoms with Crippen LogP contribution in [0.3, 0.4) is 0 Å². The highest BCUT2D eigenvalue weighted by molar-refractivity contribution is 6.11. The van der Waals surface area contributed by atoms with Crippen LogP contribution in [0, 0.1) is 5.92 Å². The Labute approximate surface area is 69.7 Å². The zero-order valence-corrected chi connectivity index (χ0v) is 7.25. The van der Waals surface area contributed by atoms with Gasteiger partial charge >= 0.3 is 0 Å². The van der Waals surface area contributed by atoms with Gasteiger partial charge < -0.3 is 9.47 Å². The van der Waals surface area contributed by atoms with Crippen molar-refractivity contribution in [1.82, 2.24) is 0 Å². The van der Waals surface area contributed by atoms with Crippen molar-refractivity contribution < 1.29 is 9.47 Å². The predicted molar refractivity (Wildman–Crippen MR) is 44.7 cm³/mol. The lowest BCUT2D eigenvalue weighted by molar-refractivity contribution is 0.0147. The molecule has 0 spiro atoms. The van der Waals surface area contributed by atoms with Crippen molar-refractivity contribution in [1.29, 1.82) is 0 Å². The molecule has 0 aliphatic carbocycles. The first-order valence-electron chi connectivity index (χ1n) is 4.24. The fourth-order valence-electron chi connectivity index (χ4n) is 1.29. The molecule has 1 aliphatic heterocycles. The number of ether oxygens (including phenoxy) is 2. The quantitative estimate of drug-likeness (QED) is 0.563. The molecule has 3 atom stereocenters. The Morgan fingerprint density at radius 3 is 2.82 bits per heavy atom. The first-order chi connectivity index (χ1) is 5.25. The van der Waals surface area contributed by atoms with Crippen molar-refractivity contribution in [2.75, 3.05) is 13.2 Å². The number of hydrogen-bond donors (Lipinski definition) is 0. The highest BCUT2D eigenvalue weighted by Crippen LogP contribution is 2.20. The minimum Gasteiger partial charge on any atom is -0.385 e. The predicted octanol–water partition coefficient (Wildman–Crippen LogP) is 0.942. The highest BCUT2D eigenvalue weighted by atomic mass is 16.6. The van der Waals surface area contributed by atoms with Gasteiger partial charge in [-0.25, -0.2) is 0 Å². The Balaban J connectivity index is 2.29. The zero-order valence-electron chi connectivity index (χ0n) is 7.25. The van der Waals surface area contributed by atoms with Crippen molar-refractivity contribution in [3.8, 4) is 0 Å². The Hall–Kier alpha value is -0.0151. The molecule has 0 saturated carbocycles. The summed E-state index contributed by atoms with van der Waals surface area (Å²) >= 11 is 0. The van der Waals surface area contributed by atoms with E-state index in [0.29, 0.717) is 5.92 Å². The van der Waals surface area contributed by atoms with Gasteiger partial charge in [-0.1, -0.05) is 13.8 Å². The molecule has 1 aliphatic rings. The average Bonchev–Trinajstić information content (AvgIpc) is 2.29.